The van der Waals surface area contributed by atoms with E-state index in [9.17, 15) is 9.18 Å². The predicted molar refractivity (Wildman–Crippen MR) is 73.6 cm³/mol. The lowest BCUT2D eigenvalue weighted by molar-refractivity contribution is 0.0989. The minimum Gasteiger partial charge on any atom is -0.294 e. The van der Waals surface area contributed by atoms with E-state index < -0.39 is 5.82 Å². The molecule has 2 aromatic carbocycles. The van der Waals surface area contributed by atoms with Gasteiger partial charge in [0.1, 0.15) is 5.82 Å². The van der Waals surface area contributed by atoms with Gasteiger partial charge in [0.15, 0.2) is 5.78 Å². The van der Waals surface area contributed by atoms with Crippen molar-refractivity contribution in [3.8, 4) is 0 Å². The van der Waals surface area contributed by atoms with Crippen LogP contribution < -0.4 is 0 Å². The van der Waals surface area contributed by atoms with Crippen molar-refractivity contribution < 1.29 is 9.18 Å². The number of halogens is 3. The zero-order valence-electron chi connectivity index (χ0n) is 9.29. The third-order valence-corrected chi connectivity index (χ3v) is 3.25. The van der Waals surface area contributed by atoms with Gasteiger partial charge in [0.2, 0.25) is 0 Å². The molecule has 0 aliphatic carbocycles. The van der Waals surface area contributed by atoms with Crippen LogP contribution in [0.1, 0.15) is 15.9 Å². The van der Waals surface area contributed by atoms with Gasteiger partial charge in [-0.2, -0.15) is 0 Å². The molecule has 0 amide bonds. The second-order valence-electron chi connectivity index (χ2n) is 3.85. The fraction of sp³-hybridized carbons (Fsp3) is 0.0714. The van der Waals surface area contributed by atoms with Gasteiger partial charge < -0.3 is 0 Å². The molecule has 0 aliphatic rings. The highest BCUT2D eigenvalue weighted by molar-refractivity contribution is 9.10. The summed E-state index contributed by atoms with van der Waals surface area (Å²) in [4.78, 5) is 12.0. The zero-order chi connectivity index (χ0) is 13.1. The van der Waals surface area contributed by atoms with Crippen molar-refractivity contribution in [2.24, 2.45) is 0 Å². The van der Waals surface area contributed by atoms with Crippen molar-refractivity contribution in [2.75, 3.05) is 0 Å². The van der Waals surface area contributed by atoms with Crippen molar-refractivity contribution in [3.05, 3.63) is 68.9 Å². The highest BCUT2D eigenvalue weighted by atomic mass is 79.9. The van der Waals surface area contributed by atoms with Gasteiger partial charge >= 0.3 is 0 Å². The van der Waals surface area contributed by atoms with E-state index in [1.54, 1.807) is 30.3 Å². The Hall–Kier alpha value is -1.19. The number of rotatable bonds is 3. The van der Waals surface area contributed by atoms with E-state index in [4.69, 9.17) is 11.6 Å². The Kier molecular flexibility index (Phi) is 4.15. The summed E-state index contributed by atoms with van der Waals surface area (Å²) < 4.78 is 14.2. The monoisotopic (exact) mass is 326 g/mol. The smallest absolute Gasteiger partial charge is 0.170 e. The molecule has 0 saturated carbocycles. The summed E-state index contributed by atoms with van der Waals surface area (Å²) in [6, 6.07) is 11.3. The molecule has 0 heterocycles. The summed E-state index contributed by atoms with van der Waals surface area (Å²) in [6.07, 6.45) is 0.157. The molecule has 1 nitrogen and oxygen atoms in total. The number of carbonyl (C=O) groups excluding carboxylic acids is 1. The van der Waals surface area contributed by atoms with Gasteiger partial charge in [-0.25, -0.2) is 4.39 Å². The summed E-state index contributed by atoms with van der Waals surface area (Å²) in [7, 11) is 0. The third kappa shape index (κ3) is 3.18. The van der Waals surface area contributed by atoms with Gasteiger partial charge in [0, 0.05) is 15.9 Å². The maximum Gasteiger partial charge on any atom is 0.170 e. The molecular formula is C14H9BrClFO. The number of ketones is 1. The van der Waals surface area contributed by atoms with Crippen LogP contribution in [-0.4, -0.2) is 5.78 Å². The Morgan fingerprint density at radius 3 is 2.50 bits per heavy atom. The van der Waals surface area contributed by atoms with E-state index in [-0.39, 0.29) is 17.8 Å². The first-order valence-electron chi connectivity index (χ1n) is 5.29. The van der Waals surface area contributed by atoms with E-state index in [2.05, 4.69) is 15.9 Å². The van der Waals surface area contributed by atoms with Crippen LogP contribution in [0.25, 0.3) is 0 Å². The molecule has 0 aliphatic heterocycles. The Bertz CT molecular complexity index is 581. The molecule has 4 heteroatoms. The van der Waals surface area contributed by atoms with Crippen molar-refractivity contribution in [1.82, 2.24) is 0 Å². The minimum atomic E-state index is -0.503. The quantitative estimate of drug-likeness (QED) is 0.749. The van der Waals surface area contributed by atoms with Crippen LogP contribution in [0.15, 0.2) is 46.9 Å². The largest absolute Gasteiger partial charge is 0.294 e. The first-order chi connectivity index (χ1) is 8.56. The summed E-state index contributed by atoms with van der Waals surface area (Å²) >= 11 is 8.98. The van der Waals surface area contributed by atoms with Gasteiger partial charge in [-0.15, -0.1) is 0 Å². The fourth-order valence-corrected chi connectivity index (χ4v) is 2.08. The van der Waals surface area contributed by atoms with Crippen LogP contribution in [0.4, 0.5) is 4.39 Å². The van der Waals surface area contributed by atoms with Crippen LogP contribution in [-0.2, 0) is 6.42 Å². The maximum atomic E-state index is 13.5. The SMILES string of the molecule is O=C(Cc1ccc(Cl)cc1)c1cc(Br)ccc1F. The van der Waals surface area contributed by atoms with Crippen molar-refractivity contribution in [2.45, 2.75) is 6.42 Å². The summed E-state index contributed by atoms with van der Waals surface area (Å²) in [5, 5.41) is 0.611. The van der Waals surface area contributed by atoms with Crippen LogP contribution >= 0.6 is 27.5 Å². The molecular weight excluding hydrogens is 319 g/mol. The minimum absolute atomic E-state index is 0.0966. The third-order valence-electron chi connectivity index (χ3n) is 2.51. The molecule has 0 atom stereocenters. The predicted octanol–water partition coefficient (Wildman–Crippen LogP) is 4.67. The molecule has 18 heavy (non-hydrogen) atoms. The Morgan fingerprint density at radius 1 is 1.17 bits per heavy atom. The maximum absolute atomic E-state index is 13.5. The molecule has 0 aromatic heterocycles. The summed E-state index contributed by atoms with van der Waals surface area (Å²) in [5.74, 6) is -0.756. The highest BCUT2D eigenvalue weighted by Gasteiger charge is 2.12. The van der Waals surface area contributed by atoms with Gasteiger partial charge in [-0.05, 0) is 35.9 Å². The second kappa shape index (κ2) is 5.63. The first-order valence-corrected chi connectivity index (χ1v) is 6.46. The normalized spacial score (nSPS) is 10.4. The molecule has 0 spiro atoms. The molecule has 0 unspecified atom stereocenters. The second-order valence-corrected chi connectivity index (χ2v) is 5.20. The van der Waals surface area contributed by atoms with E-state index in [1.807, 2.05) is 0 Å². The molecule has 2 aromatic rings. The van der Waals surface area contributed by atoms with E-state index >= 15 is 0 Å². The van der Waals surface area contributed by atoms with E-state index in [0.29, 0.717) is 9.50 Å². The lowest BCUT2D eigenvalue weighted by Gasteiger charge is -2.04. The summed E-state index contributed by atoms with van der Waals surface area (Å²) in [5.41, 5.74) is 0.906. The Labute approximate surface area is 118 Å². The molecule has 0 bridgehead atoms. The number of hydrogen-bond acceptors (Lipinski definition) is 1. The lowest BCUT2D eigenvalue weighted by atomic mass is 10.0. The molecule has 0 fully saturated rings. The highest BCUT2D eigenvalue weighted by Crippen LogP contribution is 2.18. The molecule has 2 rings (SSSR count). The molecule has 0 N–H and O–H groups in total. The van der Waals surface area contributed by atoms with Gasteiger partial charge in [0.05, 0.1) is 5.56 Å². The Balaban J connectivity index is 2.21. The van der Waals surface area contributed by atoms with Crippen molar-refractivity contribution in [3.63, 3.8) is 0 Å². The van der Waals surface area contributed by atoms with Crippen molar-refractivity contribution in [1.29, 1.82) is 0 Å². The Morgan fingerprint density at radius 2 is 1.83 bits per heavy atom. The first kappa shape index (κ1) is 13.2. The molecule has 92 valence electrons. The van der Waals surface area contributed by atoms with Crippen LogP contribution in [0, 0.1) is 5.82 Å². The van der Waals surface area contributed by atoms with E-state index in [0.717, 1.165) is 5.56 Å². The number of hydrogen-bond donors (Lipinski definition) is 0. The van der Waals surface area contributed by atoms with E-state index in [1.165, 1.54) is 12.1 Å². The average molecular weight is 328 g/mol. The standard InChI is InChI=1S/C14H9BrClFO/c15-10-3-6-13(17)12(8-10)14(18)7-9-1-4-11(16)5-2-9/h1-6,8H,7H2. The van der Waals surface area contributed by atoms with Gasteiger partial charge in [-0.1, -0.05) is 39.7 Å². The lowest BCUT2D eigenvalue weighted by Crippen LogP contribution is -2.06. The van der Waals surface area contributed by atoms with Crippen LogP contribution in [0.3, 0.4) is 0 Å². The van der Waals surface area contributed by atoms with Crippen LogP contribution in [0.2, 0.25) is 5.02 Å². The average Bonchev–Trinajstić information content (AvgIpc) is 2.35. The zero-order valence-corrected chi connectivity index (χ0v) is 11.6. The molecule has 0 radical (unpaired) electrons. The van der Waals surface area contributed by atoms with Gasteiger partial charge in [0.25, 0.3) is 0 Å². The van der Waals surface area contributed by atoms with Gasteiger partial charge in [-0.3, -0.25) is 4.79 Å². The van der Waals surface area contributed by atoms with Crippen molar-refractivity contribution >= 4 is 33.3 Å². The fourth-order valence-electron chi connectivity index (χ4n) is 1.59. The topological polar surface area (TPSA) is 17.1 Å². The summed E-state index contributed by atoms with van der Waals surface area (Å²) in [6.45, 7) is 0. The number of carbonyl (C=O) groups is 1. The number of benzene rings is 2. The number of Topliss-reactive ketones (excluding diaryl/α,β-unsaturated/α-hetero) is 1. The van der Waals surface area contributed by atoms with Crippen LogP contribution in [0.5, 0.6) is 0 Å². The molecule has 0 saturated heterocycles.